The fourth-order valence-corrected chi connectivity index (χ4v) is 3.07. The minimum Gasteiger partial charge on any atom is -0.496 e. The van der Waals surface area contributed by atoms with Crippen molar-refractivity contribution in [2.24, 2.45) is 11.7 Å². The Labute approximate surface area is 122 Å². The van der Waals surface area contributed by atoms with Crippen LogP contribution in [-0.2, 0) is 4.74 Å². The predicted molar refractivity (Wildman–Crippen MR) is 81.9 cm³/mol. The van der Waals surface area contributed by atoms with Gasteiger partial charge < -0.3 is 15.2 Å². The molecule has 20 heavy (non-hydrogen) atoms. The van der Waals surface area contributed by atoms with E-state index in [4.69, 9.17) is 15.2 Å². The quantitative estimate of drug-likeness (QED) is 0.862. The van der Waals surface area contributed by atoms with Gasteiger partial charge in [-0.1, -0.05) is 44.4 Å². The lowest BCUT2D eigenvalue weighted by Crippen LogP contribution is -2.27. The molecule has 0 saturated heterocycles. The first-order valence-corrected chi connectivity index (χ1v) is 7.74. The van der Waals surface area contributed by atoms with Crippen LogP contribution < -0.4 is 10.5 Å². The Balaban J connectivity index is 1.87. The Bertz CT molecular complexity index is 408. The molecule has 2 rings (SSSR count). The number of hydrogen-bond acceptors (Lipinski definition) is 3. The molecule has 0 radical (unpaired) electrons. The van der Waals surface area contributed by atoms with Crippen LogP contribution in [0, 0.1) is 5.92 Å². The summed E-state index contributed by atoms with van der Waals surface area (Å²) in [6.45, 7) is 2.84. The topological polar surface area (TPSA) is 44.5 Å². The predicted octanol–water partition coefficient (Wildman–Crippen LogP) is 3.68. The summed E-state index contributed by atoms with van der Waals surface area (Å²) in [5.74, 6) is 1.68. The van der Waals surface area contributed by atoms with Gasteiger partial charge >= 0.3 is 0 Å². The summed E-state index contributed by atoms with van der Waals surface area (Å²) in [5, 5.41) is 0. The van der Waals surface area contributed by atoms with E-state index >= 15 is 0 Å². The van der Waals surface area contributed by atoms with Gasteiger partial charge in [-0.3, -0.25) is 0 Å². The molecule has 0 heterocycles. The fraction of sp³-hybridized carbons (Fsp3) is 0.647. The van der Waals surface area contributed by atoms with Crippen molar-refractivity contribution in [3.05, 3.63) is 29.8 Å². The molecule has 0 amide bonds. The summed E-state index contributed by atoms with van der Waals surface area (Å²) in [5.41, 5.74) is 7.28. The maximum atomic E-state index is 6.25. The van der Waals surface area contributed by atoms with Crippen LogP contribution in [0.1, 0.15) is 50.6 Å². The molecule has 3 heteroatoms. The third-order valence-electron chi connectivity index (χ3n) is 4.36. The second-order valence-electron chi connectivity index (χ2n) is 5.74. The molecule has 2 N–H and O–H groups in total. The van der Waals surface area contributed by atoms with Gasteiger partial charge in [0.25, 0.3) is 0 Å². The maximum Gasteiger partial charge on any atom is 0.123 e. The van der Waals surface area contributed by atoms with Crippen LogP contribution in [0.3, 0.4) is 0 Å². The van der Waals surface area contributed by atoms with Gasteiger partial charge in [0.15, 0.2) is 0 Å². The molecule has 1 aliphatic rings. The average molecular weight is 277 g/mol. The summed E-state index contributed by atoms with van der Waals surface area (Å²) in [6.07, 6.45) is 6.65. The van der Waals surface area contributed by atoms with Crippen LogP contribution in [-0.4, -0.2) is 19.8 Å². The Kier molecular flexibility index (Phi) is 5.86. The highest BCUT2D eigenvalue weighted by Gasteiger charge is 2.22. The number of ether oxygens (including phenoxy) is 2. The van der Waals surface area contributed by atoms with Crippen LogP contribution in [0.15, 0.2) is 24.3 Å². The van der Waals surface area contributed by atoms with Gasteiger partial charge in [0, 0.05) is 5.56 Å². The van der Waals surface area contributed by atoms with Crippen LogP contribution in [0.2, 0.25) is 0 Å². The SMILES string of the molecule is CCC1CCCC(OCC(N)c2ccccc2OC)C1. The van der Waals surface area contributed by atoms with Gasteiger partial charge in [0.1, 0.15) is 5.75 Å². The first kappa shape index (κ1) is 15.3. The molecule has 0 aliphatic heterocycles. The van der Waals surface area contributed by atoms with E-state index in [-0.39, 0.29) is 6.04 Å². The highest BCUT2D eigenvalue weighted by molar-refractivity contribution is 5.35. The number of hydrogen-bond donors (Lipinski definition) is 1. The number of rotatable bonds is 6. The monoisotopic (exact) mass is 277 g/mol. The van der Waals surface area contributed by atoms with Gasteiger partial charge in [-0.15, -0.1) is 0 Å². The summed E-state index contributed by atoms with van der Waals surface area (Å²) in [6, 6.07) is 7.80. The second kappa shape index (κ2) is 7.65. The van der Waals surface area contributed by atoms with Crippen molar-refractivity contribution < 1.29 is 9.47 Å². The Morgan fingerprint density at radius 3 is 2.85 bits per heavy atom. The van der Waals surface area contributed by atoms with Gasteiger partial charge in [0.05, 0.1) is 25.9 Å². The first-order valence-electron chi connectivity index (χ1n) is 7.74. The van der Waals surface area contributed by atoms with E-state index in [0.29, 0.717) is 12.7 Å². The number of para-hydroxylation sites is 1. The van der Waals surface area contributed by atoms with E-state index in [1.807, 2.05) is 24.3 Å². The third-order valence-corrected chi connectivity index (χ3v) is 4.36. The molecule has 0 spiro atoms. The summed E-state index contributed by atoms with van der Waals surface area (Å²) in [4.78, 5) is 0. The summed E-state index contributed by atoms with van der Waals surface area (Å²) in [7, 11) is 1.68. The van der Waals surface area contributed by atoms with E-state index in [1.54, 1.807) is 7.11 Å². The minimum atomic E-state index is -0.117. The van der Waals surface area contributed by atoms with Crippen molar-refractivity contribution in [3.8, 4) is 5.75 Å². The number of benzene rings is 1. The zero-order valence-corrected chi connectivity index (χ0v) is 12.7. The molecule has 1 saturated carbocycles. The van der Waals surface area contributed by atoms with E-state index in [1.165, 1.54) is 32.1 Å². The minimum absolute atomic E-state index is 0.117. The van der Waals surface area contributed by atoms with Crippen molar-refractivity contribution in [1.82, 2.24) is 0 Å². The van der Waals surface area contributed by atoms with Crippen molar-refractivity contribution in [3.63, 3.8) is 0 Å². The molecule has 0 bridgehead atoms. The maximum absolute atomic E-state index is 6.25. The zero-order chi connectivity index (χ0) is 14.4. The number of nitrogens with two attached hydrogens (primary N) is 1. The highest BCUT2D eigenvalue weighted by Crippen LogP contribution is 2.30. The Morgan fingerprint density at radius 1 is 1.30 bits per heavy atom. The van der Waals surface area contributed by atoms with Gasteiger partial charge in [0.2, 0.25) is 0 Å². The molecule has 1 aromatic rings. The van der Waals surface area contributed by atoms with Gasteiger partial charge in [-0.2, -0.15) is 0 Å². The molecule has 1 aliphatic carbocycles. The lowest BCUT2D eigenvalue weighted by Gasteiger charge is -2.29. The molecule has 0 aromatic heterocycles. The van der Waals surface area contributed by atoms with E-state index < -0.39 is 0 Å². The highest BCUT2D eigenvalue weighted by atomic mass is 16.5. The molecular weight excluding hydrogens is 250 g/mol. The molecular formula is C17H27NO2. The molecule has 3 nitrogen and oxygen atoms in total. The molecule has 3 atom stereocenters. The fourth-order valence-electron chi connectivity index (χ4n) is 3.07. The number of methoxy groups -OCH3 is 1. The van der Waals surface area contributed by atoms with Gasteiger partial charge in [-0.05, 0) is 24.8 Å². The first-order chi connectivity index (χ1) is 9.74. The molecule has 1 aromatic carbocycles. The van der Waals surface area contributed by atoms with E-state index in [2.05, 4.69) is 6.92 Å². The molecule has 112 valence electrons. The molecule has 1 fully saturated rings. The normalized spacial score (nSPS) is 24.4. The van der Waals surface area contributed by atoms with Crippen molar-refractivity contribution in [1.29, 1.82) is 0 Å². The van der Waals surface area contributed by atoms with Crippen molar-refractivity contribution in [2.75, 3.05) is 13.7 Å². The largest absolute Gasteiger partial charge is 0.496 e. The van der Waals surface area contributed by atoms with Crippen LogP contribution >= 0.6 is 0 Å². The molecule has 3 unspecified atom stereocenters. The zero-order valence-electron chi connectivity index (χ0n) is 12.7. The summed E-state index contributed by atoms with van der Waals surface area (Å²) >= 11 is 0. The van der Waals surface area contributed by atoms with Gasteiger partial charge in [-0.25, -0.2) is 0 Å². The summed E-state index contributed by atoms with van der Waals surface area (Å²) < 4.78 is 11.4. The van der Waals surface area contributed by atoms with Crippen LogP contribution in [0.5, 0.6) is 5.75 Å². The average Bonchev–Trinajstić information content (AvgIpc) is 2.52. The lowest BCUT2D eigenvalue weighted by molar-refractivity contribution is 0.00540. The Morgan fingerprint density at radius 2 is 2.10 bits per heavy atom. The van der Waals surface area contributed by atoms with Crippen molar-refractivity contribution in [2.45, 2.75) is 51.2 Å². The standard InChI is InChI=1S/C17H27NO2/c1-3-13-7-6-8-14(11-13)20-12-16(18)15-9-4-5-10-17(15)19-2/h4-5,9-10,13-14,16H,3,6-8,11-12,18H2,1-2H3. The third kappa shape index (κ3) is 3.97. The Hall–Kier alpha value is -1.06. The van der Waals surface area contributed by atoms with Crippen LogP contribution in [0.4, 0.5) is 0 Å². The van der Waals surface area contributed by atoms with Crippen molar-refractivity contribution >= 4 is 0 Å². The van der Waals surface area contributed by atoms with E-state index in [9.17, 15) is 0 Å². The van der Waals surface area contributed by atoms with Crippen LogP contribution in [0.25, 0.3) is 0 Å². The smallest absolute Gasteiger partial charge is 0.123 e. The second-order valence-corrected chi connectivity index (χ2v) is 5.74. The lowest BCUT2D eigenvalue weighted by atomic mass is 9.85. The van der Waals surface area contributed by atoms with E-state index in [0.717, 1.165) is 17.2 Å².